The zero-order chi connectivity index (χ0) is 14.2. The number of aliphatic hydroxyl groups is 1. The van der Waals surface area contributed by atoms with Gasteiger partial charge < -0.3 is 14.7 Å². The highest BCUT2D eigenvalue weighted by Gasteiger charge is 2.44. The summed E-state index contributed by atoms with van der Waals surface area (Å²) in [5.74, 6) is 0.864. The maximum atomic E-state index is 10.6. The predicted octanol–water partition coefficient (Wildman–Crippen LogP) is 2.00. The summed E-state index contributed by atoms with van der Waals surface area (Å²) in [5.41, 5.74) is -0.666. The normalized spacial score (nSPS) is 34.5. The van der Waals surface area contributed by atoms with Gasteiger partial charge in [-0.2, -0.15) is 0 Å². The van der Waals surface area contributed by atoms with Crippen molar-refractivity contribution in [1.29, 1.82) is 0 Å². The molecule has 2 saturated heterocycles. The molecule has 0 bridgehead atoms. The summed E-state index contributed by atoms with van der Waals surface area (Å²) in [6, 6.07) is 0.256. The lowest BCUT2D eigenvalue weighted by atomic mass is 9.79. The maximum Gasteiger partial charge on any atom is 0.225 e. The van der Waals surface area contributed by atoms with Gasteiger partial charge in [-0.25, -0.2) is 9.97 Å². The lowest BCUT2D eigenvalue weighted by molar-refractivity contribution is -0.108. The first-order valence-corrected chi connectivity index (χ1v) is 7.91. The molecule has 1 N–H and O–H groups in total. The summed E-state index contributed by atoms with van der Waals surface area (Å²) in [4.78, 5) is 11.0. The van der Waals surface area contributed by atoms with Gasteiger partial charge in [0, 0.05) is 37.5 Å². The molecule has 2 aliphatic rings. The van der Waals surface area contributed by atoms with Crippen molar-refractivity contribution in [3.63, 3.8) is 0 Å². The van der Waals surface area contributed by atoms with Gasteiger partial charge in [-0.05, 0) is 42.1 Å². The van der Waals surface area contributed by atoms with Gasteiger partial charge in [0.2, 0.25) is 5.95 Å². The monoisotopic (exact) mass is 341 g/mol. The zero-order valence-corrected chi connectivity index (χ0v) is 13.2. The Morgan fingerprint density at radius 2 is 2.20 bits per heavy atom. The minimum atomic E-state index is -0.666. The number of nitrogens with zero attached hydrogens (tertiary/aromatic N) is 3. The van der Waals surface area contributed by atoms with Crippen LogP contribution in [0.4, 0.5) is 5.95 Å². The van der Waals surface area contributed by atoms with Crippen LogP contribution in [0.2, 0.25) is 0 Å². The Morgan fingerprint density at radius 3 is 2.90 bits per heavy atom. The molecule has 1 aromatic rings. The van der Waals surface area contributed by atoms with E-state index in [0.717, 1.165) is 29.8 Å². The predicted molar refractivity (Wildman–Crippen MR) is 79.6 cm³/mol. The molecule has 0 radical (unpaired) electrons. The molecule has 0 saturated carbocycles. The van der Waals surface area contributed by atoms with Crippen LogP contribution in [0.25, 0.3) is 0 Å². The molecular formula is C14H20BrN3O2. The second kappa shape index (κ2) is 5.58. The fraction of sp³-hybridized carbons (Fsp3) is 0.714. The summed E-state index contributed by atoms with van der Waals surface area (Å²) in [5, 5.41) is 10.6. The standard InChI is InChI=1S/C14H20BrN3O2/c1-14(19)4-6-20-9-11(14)12-3-2-5-18(12)13-16-7-10(15)8-17-13/h7-8,11-12,19H,2-6,9H2,1H3/t11-,12+,14-/m0/s1. The molecule has 3 atom stereocenters. The SMILES string of the molecule is C[C@]1(O)CCOC[C@H]1[C@H]1CCCN1c1ncc(Br)cn1. The molecule has 6 heteroatoms. The summed E-state index contributed by atoms with van der Waals surface area (Å²) in [6.07, 6.45) is 6.41. The molecule has 0 aliphatic carbocycles. The summed E-state index contributed by atoms with van der Waals surface area (Å²) >= 11 is 3.36. The average Bonchev–Trinajstić information content (AvgIpc) is 2.88. The Morgan fingerprint density at radius 1 is 1.45 bits per heavy atom. The van der Waals surface area contributed by atoms with Crippen LogP contribution in [0, 0.1) is 5.92 Å². The zero-order valence-electron chi connectivity index (χ0n) is 11.6. The van der Waals surface area contributed by atoms with Gasteiger partial charge >= 0.3 is 0 Å². The smallest absolute Gasteiger partial charge is 0.225 e. The highest BCUT2D eigenvalue weighted by atomic mass is 79.9. The van der Waals surface area contributed by atoms with E-state index in [1.54, 1.807) is 12.4 Å². The van der Waals surface area contributed by atoms with Crippen LogP contribution in [0.3, 0.4) is 0 Å². The molecule has 1 aromatic heterocycles. The van der Waals surface area contributed by atoms with Crippen molar-refractivity contribution in [2.75, 3.05) is 24.7 Å². The van der Waals surface area contributed by atoms with E-state index >= 15 is 0 Å². The molecule has 2 aliphatic heterocycles. The number of aromatic nitrogens is 2. The van der Waals surface area contributed by atoms with Crippen LogP contribution < -0.4 is 4.90 Å². The van der Waals surface area contributed by atoms with E-state index < -0.39 is 5.60 Å². The molecule has 0 aromatic carbocycles. The van der Waals surface area contributed by atoms with E-state index in [9.17, 15) is 5.11 Å². The quantitative estimate of drug-likeness (QED) is 0.891. The molecule has 110 valence electrons. The second-order valence-corrected chi connectivity index (χ2v) is 6.81. The first kappa shape index (κ1) is 14.2. The van der Waals surface area contributed by atoms with Gasteiger partial charge in [0.25, 0.3) is 0 Å². The van der Waals surface area contributed by atoms with Gasteiger partial charge in [-0.3, -0.25) is 0 Å². The number of ether oxygens (including phenoxy) is 1. The fourth-order valence-corrected chi connectivity index (χ4v) is 3.50. The van der Waals surface area contributed by atoms with Crippen LogP contribution in [0.1, 0.15) is 26.2 Å². The van der Waals surface area contributed by atoms with Crippen molar-refractivity contribution < 1.29 is 9.84 Å². The number of rotatable bonds is 2. The van der Waals surface area contributed by atoms with Crippen LogP contribution in [0.15, 0.2) is 16.9 Å². The lowest BCUT2D eigenvalue weighted by Gasteiger charge is -2.43. The maximum absolute atomic E-state index is 10.6. The van der Waals surface area contributed by atoms with Crippen molar-refractivity contribution in [2.45, 2.75) is 37.8 Å². The van der Waals surface area contributed by atoms with E-state index in [0.29, 0.717) is 19.6 Å². The molecule has 3 rings (SSSR count). The van der Waals surface area contributed by atoms with E-state index in [1.807, 2.05) is 6.92 Å². The van der Waals surface area contributed by atoms with Crippen molar-refractivity contribution in [3.05, 3.63) is 16.9 Å². The third-order valence-corrected chi connectivity index (χ3v) is 4.89. The van der Waals surface area contributed by atoms with E-state index in [4.69, 9.17) is 4.74 Å². The van der Waals surface area contributed by atoms with Gasteiger partial charge in [-0.1, -0.05) is 0 Å². The molecule has 5 nitrogen and oxygen atoms in total. The van der Waals surface area contributed by atoms with E-state index in [-0.39, 0.29) is 12.0 Å². The molecular weight excluding hydrogens is 322 g/mol. The third kappa shape index (κ3) is 2.69. The van der Waals surface area contributed by atoms with Crippen molar-refractivity contribution >= 4 is 21.9 Å². The molecule has 0 unspecified atom stereocenters. The van der Waals surface area contributed by atoms with Gasteiger partial charge in [-0.15, -0.1) is 0 Å². The first-order chi connectivity index (χ1) is 9.58. The van der Waals surface area contributed by atoms with Crippen molar-refractivity contribution in [3.8, 4) is 0 Å². The summed E-state index contributed by atoms with van der Waals surface area (Å²) < 4.78 is 6.48. The van der Waals surface area contributed by atoms with Gasteiger partial charge in [0.1, 0.15) is 0 Å². The number of hydrogen-bond acceptors (Lipinski definition) is 5. The number of halogens is 1. The average molecular weight is 342 g/mol. The number of anilines is 1. The van der Waals surface area contributed by atoms with E-state index in [2.05, 4.69) is 30.8 Å². The van der Waals surface area contributed by atoms with Gasteiger partial charge in [0.15, 0.2) is 0 Å². The Hall–Kier alpha value is -0.720. The largest absolute Gasteiger partial charge is 0.390 e. The minimum Gasteiger partial charge on any atom is -0.390 e. The van der Waals surface area contributed by atoms with Crippen LogP contribution in [-0.2, 0) is 4.74 Å². The van der Waals surface area contributed by atoms with Crippen LogP contribution in [-0.4, -0.2) is 46.5 Å². The Bertz CT molecular complexity index is 466. The third-order valence-electron chi connectivity index (χ3n) is 4.48. The van der Waals surface area contributed by atoms with Crippen molar-refractivity contribution in [2.24, 2.45) is 5.92 Å². The van der Waals surface area contributed by atoms with Gasteiger partial charge in [0.05, 0.1) is 16.7 Å². The molecule has 2 fully saturated rings. The van der Waals surface area contributed by atoms with E-state index in [1.165, 1.54) is 0 Å². The number of hydrogen-bond donors (Lipinski definition) is 1. The topological polar surface area (TPSA) is 58.5 Å². The molecule has 3 heterocycles. The highest BCUT2D eigenvalue weighted by Crippen LogP contribution is 2.37. The Kier molecular flexibility index (Phi) is 3.97. The molecule has 20 heavy (non-hydrogen) atoms. The highest BCUT2D eigenvalue weighted by molar-refractivity contribution is 9.10. The second-order valence-electron chi connectivity index (χ2n) is 5.89. The summed E-state index contributed by atoms with van der Waals surface area (Å²) in [7, 11) is 0. The Balaban J connectivity index is 1.83. The summed E-state index contributed by atoms with van der Waals surface area (Å²) in [6.45, 7) is 4.13. The molecule has 0 spiro atoms. The molecule has 0 amide bonds. The lowest BCUT2D eigenvalue weighted by Crippen LogP contribution is -2.52. The van der Waals surface area contributed by atoms with Crippen LogP contribution in [0.5, 0.6) is 0 Å². The van der Waals surface area contributed by atoms with Crippen molar-refractivity contribution in [1.82, 2.24) is 9.97 Å². The fourth-order valence-electron chi connectivity index (χ4n) is 3.29. The van der Waals surface area contributed by atoms with Crippen LogP contribution >= 0.6 is 15.9 Å². The first-order valence-electron chi connectivity index (χ1n) is 7.12. The Labute approximate surface area is 127 Å². The minimum absolute atomic E-state index is 0.117.